The fraction of sp³-hybridized carbons (Fsp3) is 0.308. The number of hydrogen-bond donors (Lipinski definition) is 1. The van der Waals surface area contributed by atoms with Crippen molar-refractivity contribution in [3.63, 3.8) is 0 Å². The van der Waals surface area contributed by atoms with E-state index in [2.05, 4.69) is 33.6 Å². The molecule has 4 rings (SSSR count). The average Bonchev–Trinajstić information content (AvgIpc) is 3.07. The van der Waals surface area contributed by atoms with Crippen molar-refractivity contribution in [3.8, 4) is 0 Å². The number of nitrogens with zero attached hydrogens (tertiary/aromatic N) is 2. The molecule has 2 aromatic rings. The summed E-state index contributed by atoms with van der Waals surface area (Å²) in [6.07, 6.45) is 2.63. The Morgan fingerprint density at radius 3 is 3.25 bits per heavy atom. The third kappa shape index (κ3) is 1.21. The van der Waals surface area contributed by atoms with E-state index in [9.17, 15) is 0 Å². The first-order valence-corrected chi connectivity index (χ1v) is 5.73. The summed E-state index contributed by atoms with van der Waals surface area (Å²) in [5, 5.41) is 3.51. The summed E-state index contributed by atoms with van der Waals surface area (Å²) in [4.78, 5) is 4.63. The number of nitrogens with one attached hydrogen (secondary N) is 1. The maximum atomic E-state index is 4.63. The quantitative estimate of drug-likeness (QED) is 0.783. The van der Waals surface area contributed by atoms with Crippen LogP contribution in [0.4, 0.5) is 5.82 Å². The third-order valence-electron chi connectivity index (χ3n) is 3.32. The summed E-state index contributed by atoms with van der Waals surface area (Å²) >= 11 is 0. The number of rotatable bonds is 1. The molecule has 0 atom stereocenters. The molecule has 1 fully saturated rings. The van der Waals surface area contributed by atoms with Gasteiger partial charge in [-0.25, -0.2) is 9.99 Å². The summed E-state index contributed by atoms with van der Waals surface area (Å²) in [6, 6.07) is 12.0. The highest BCUT2D eigenvalue weighted by atomic mass is 15.6. The molecule has 0 bridgehead atoms. The number of benzene rings is 1. The number of fused-ring (bicyclic) bond motifs is 2. The van der Waals surface area contributed by atoms with Crippen molar-refractivity contribution in [2.45, 2.75) is 25.4 Å². The van der Waals surface area contributed by atoms with E-state index in [1.54, 1.807) is 0 Å². The van der Waals surface area contributed by atoms with Crippen molar-refractivity contribution in [2.75, 3.05) is 5.43 Å². The Hall–Kier alpha value is -1.61. The maximum absolute atomic E-state index is 4.63. The first-order valence-electron chi connectivity index (χ1n) is 5.73. The summed E-state index contributed by atoms with van der Waals surface area (Å²) in [7, 11) is 0. The van der Waals surface area contributed by atoms with Gasteiger partial charge in [0.25, 0.3) is 0 Å². The van der Waals surface area contributed by atoms with Gasteiger partial charge in [-0.15, -0.1) is 0 Å². The van der Waals surface area contributed by atoms with Crippen LogP contribution in [0.5, 0.6) is 0 Å². The second kappa shape index (κ2) is 2.95. The van der Waals surface area contributed by atoms with Crippen molar-refractivity contribution >= 4 is 16.7 Å². The summed E-state index contributed by atoms with van der Waals surface area (Å²) in [6.45, 7) is 0.988. The topological polar surface area (TPSA) is 28.2 Å². The van der Waals surface area contributed by atoms with E-state index in [0.29, 0.717) is 0 Å². The Labute approximate surface area is 94.1 Å². The van der Waals surface area contributed by atoms with Crippen molar-refractivity contribution < 1.29 is 0 Å². The lowest BCUT2D eigenvalue weighted by Gasteiger charge is -2.13. The molecule has 2 aliphatic rings. The molecular formula is C13H12N3. The van der Waals surface area contributed by atoms with Crippen LogP contribution in [0.2, 0.25) is 0 Å². The van der Waals surface area contributed by atoms with E-state index in [-0.39, 0.29) is 0 Å². The largest absolute Gasteiger partial charge is 0.302 e. The predicted octanol–water partition coefficient (Wildman–Crippen LogP) is 2.34. The Morgan fingerprint density at radius 1 is 1.44 bits per heavy atom. The SMILES string of the molecule is [c]1ccc2cc3c(nc2c1)NN(C1CC1)C3. The van der Waals surface area contributed by atoms with Crippen LogP contribution in [-0.2, 0) is 6.54 Å². The van der Waals surface area contributed by atoms with Gasteiger partial charge in [-0.2, -0.15) is 0 Å². The van der Waals surface area contributed by atoms with Gasteiger partial charge in [-0.05, 0) is 31.0 Å². The molecule has 1 aliphatic heterocycles. The monoisotopic (exact) mass is 210 g/mol. The summed E-state index contributed by atoms with van der Waals surface area (Å²) in [5.74, 6) is 1.03. The Bertz CT molecular complexity index is 516. The molecule has 1 aromatic carbocycles. The van der Waals surface area contributed by atoms with Crippen LogP contribution in [0.15, 0.2) is 24.3 Å². The number of pyridine rings is 1. The van der Waals surface area contributed by atoms with Gasteiger partial charge in [0.15, 0.2) is 0 Å². The molecule has 3 heteroatoms. The third-order valence-corrected chi connectivity index (χ3v) is 3.32. The molecule has 1 radical (unpaired) electrons. The Kier molecular flexibility index (Phi) is 1.57. The molecule has 0 saturated heterocycles. The summed E-state index contributed by atoms with van der Waals surface area (Å²) in [5.41, 5.74) is 5.73. The van der Waals surface area contributed by atoms with Crippen molar-refractivity contribution in [2.24, 2.45) is 0 Å². The van der Waals surface area contributed by atoms with Crippen LogP contribution < -0.4 is 5.43 Å². The zero-order valence-corrected chi connectivity index (χ0v) is 8.90. The van der Waals surface area contributed by atoms with Crippen LogP contribution in [-0.4, -0.2) is 16.0 Å². The molecular weight excluding hydrogens is 198 g/mol. The van der Waals surface area contributed by atoms with Crippen LogP contribution in [0, 0.1) is 6.07 Å². The van der Waals surface area contributed by atoms with E-state index in [4.69, 9.17) is 0 Å². The van der Waals surface area contributed by atoms with Gasteiger partial charge >= 0.3 is 0 Å². The fourth-order valence-electron chi connectivity index (χ4n) is 2.28. The lowest BCUT2D eigenvalue weighted by atomic mass is 10.1. The van der Waals surface area contributed by atoms with Crippen molar-refractivity contribution in [1.82, 2.24) is 9.99 Å². The molecule has 16 heavy (non-hydrogen) atoms. The van der Waals surface area contributed by atoms with Gasteiger partial charge in [0.1, 0.15) is 5.82 Å². The highest BCUT2D eigenvalue weighted by molar-refractivity contribution is 5.81. The van der Waals surface area contributed by atoms with Crippen LogP contribution in [0.3, 0.4) is 0 Å². The molecule has 2 heterocycles. The highest BCUT2D eigenvalue weighted by Crippen LogP contribution is 2.34. The molecule has 1 saturated carbocycles. The van der Waals surface area contributed by atoms with E-state index >= 15 is 0 Å². The van der Waals surface area contributed by atoms with E-state index < -0.39 is 0 Å². The second-order valence-electron chi connectivity index (χ2n) is 4.59. The van der Waals surface area contributed by atoms with Crippen molar-refractivity contribution in [1.29, 1.82) is 0 Å². The lowest BCUT2D eigenvalue weighted by Crippen LogP contribution is -2.25. The number of hydrogen-bond acceptors (Lipinski definition) is 3. The molecule has 0 spiro atoms. The number of hydrazine groups is 1. The first-order chi connectivity index (χ1) is 7.90. The van der Waals surface area contributed by atoms with E-state index in [1.165, 1.54) is 23.8 Å². The zero-order valence-electron chi connectivity index (χ0n) is 8.90. The van der Waals surface area contributed by atoms with Gasteiger partial charge in [0.2, 0.25) is 0 Å². The maximum Gasteiger partial charge on any atom is 0.145 e. The van der Waals surface area contributed by atoms with Crippen molar-refractivity contribution in [3.05, 3.63) is 35.9 Å². The second-order valence-corrected chi connectivity index (χ2v) is 4.59. The molecule has 1 aliphatic carbocycles. The zero-order chi connectivity index (χ0) is 10.5. The Balaban J connectivity index is 1.82. The Morgan fingerprint density at radius 2 is 2.38 bits per heavy atom. The first kappa shape index (κ1) is 8.53. The smallest absolute Gasteiger partial charge is 0.145 e. The van der Waals surface area contributed by atoms with Crippen LogP contribution in [0.25, 0.3) is 10.9 Å². The minimum atomic E-state index is 0.726. The molecule has 3 nitrogen and oxygen atoms in total. The summed E-state index contributed by atoms with van der Waals surface area (Å²) < 4.78 is 0. The average molecular weight is 210 g/mol. The molecule has 0 unspecified atom stereocenters. The van der Waals surface area contributed by atoms with Gasteiger partial charge in [-0.3, -0.25) is 0 Å². The lowest BCUT2D eigenvalue weighted by molar-refractivity contribution is 0.332. The molecule has 0 amide bonds. The van der Waals surface area contributed by atoms with Gasteiger partial charge < -0.3 is 5.43 Å². The number of anilines is 1. The minimum Gasteiger partial charge on any atom is -0.302 e. The van der Waals surface area contributed by atoms with Gasteiger partial charge in [-0.1, -0.05) is 12.1 Å². The van der Waals surface area contributed by atoms with E-state index in [0.717, 1.165) is 23.9 Å². The standard InChI is InChI=1S/C13H12N3/c1-2-4-12-9(3-1)7-10-8-16(11-5-6-11)15-13(10)14-12/h1,3-4,7,11H,5-6,8H2,(H,14,15). The molecule has 79 valence electrons. The molecule has 1 aromatic heterocycles. The minimum absolute atomic E-state index is 0.726. The predicted molar refractivity (Wildman–Crippen MR) is 62.8 cm³/mol. The van der Waals surface area contributed by atoms with Crippen LogP contribution >= 0.6 is 0 Å². The molecule has 1 N–H and O–H groups in total. The van der Waals surface area contributed by atoms with Crippen LogP contribution in [0.1, 0.15) is 18.4 Å². The normalized spacial score (nSPS) is 19.8. The highest BCUT2D eigenvalue weighted by Gasteiger charge is 2.33. The fourth-order valence-corrected chi connectivity index (χ4v) is 2.28. The van der Waals surface area contributed by atoms with E-state index in [1.807, 2.05) is 12.1 Å². The van der Waals surface area contributed by atoms with Gasteiger partial charge in [0.05, 0.1) is 5.52 Å². The number of aromatic nitrogens is 1. The van der Waals surface area contributed by atoms with Gasteiger partial charge in [0, 0.05) is 23.5 Å².